The second-order valence-corrected chi connectivity index (χ2v) is 3.80. The minimum absolute atomic E-state index is 0.141. The molecule has 1 aromatic carbocycles. The Morgan fingerprint density at radius 2 is 2.00 bits per heavy atom. The van der Waals surface area contributed by atoms with Gasteiger partial charge < -0.3 is 10.6 Å². The van der Waals surface area contributed by atoms with Gasteiger partial charge in [-0.05, 0) is 44.1 Å². The van der Waals surface area contributed by atoms with Crippen molar-refractivity contribution in [2.75, 3.05) is 18.4 Å². The molecule has 1 fully saturated rings. The average Bonchev–Trinajstić information content (AvgIpc) is 2.31. The zero-order valence-electron chi connectivity index (χ0n) is 8.62. The Kier molecular flexibility index (Phi) is 3.35. The van der Waals surface area contributed by atoms with E-state index in [1.165, 1.54) is 0 Å². The molecule has 1 saturated heterocycles. The predicted octanol–water partition coefficient (Wildman–Crippen LogP) is 1.42. The second kappa shape index (κ2) is 4.94. The Bertz CT molecular complexity index is 318. The van der Waals surface area contributed by atoms with Gasteiger partial charge in [0.1, 0.15) is 0 Å². The van der Waals surface area contributed by atoms with Crippen molar-refractivity contribution < 1.29 is 4.79 Å². The first kappa shape index (κ1) is 10.2. The van der Waals surface area contributed by atoms with Crippen LogP contribution in [-0.2, 0) is 4.79 Å². The summed E-state index contributed by atoms with van der Waals surface area (Å²) in [4.78, 5) is 11.8. The minimum atomic E-state index is 0.141. The number of benzene rings is 1. The molecule has 1 amide bonds. The van der Waals surface area contributed by atoms with Crippen LogP contribution in [0.2, 0.25) is 0 Å². The van der Waals surface area contributed by atoms with Gasteiger partial charge >= 0.3 is 0 Å². The lowest BCUT2D eigenvalue weighted by Crippen LogP contribution is -2.34. The maximum absolute atomic E-state index is 11.8. The summed E-state index contributed by atoms with van der Waals surface area (Å²) in [6.07, 6.45) is 1.87. The summed E-state index contributed by atoms with van der Waals surface area (Å²) < 4.78 is 0. The Balaban J connectivity index is 1.91. The van der Waals surface area contributed by atoms with Crippen LogP contribution in [0.5, 0.6) is 0 Å². The van der Waals surface area contributed by atoms with Crippen LogP contribution in [0.3, 0.4) is 0 Å². The van der Waals surface area contributed by atoms with Gasteiger partial charge in [-0.3, -0.25) is 4.79 Å². The van der Waals surface area contributed by atoms with Crippen LogP contribution >= 0.6 is 0 Å². The van der Waals surface area contributed by atoms with E-state index in [2.05, 4.69) is 16.7 Å². The van der Waals surface area contributed by atoms with Crippen LogP contribution < -0.4 is 10.6 Å². The van der Waals surface area contributed by atoms with Gasteiger partial charge in [-0.2, -0.15) is 0 Å². The summed E-state index contributed by atoms with van der Waals surface area (Å²) in [6, 6.07) is 10.3. The number of amides is 1. The van der Waals surface area contributed by atoms with E-state index in [9.17, 15) is 4.79 Å². The molecule has 0 saturated carbocycles. The first-order valence-corrected chi connectivity index (χ1v) is 5.34. The molecule has 1 aliphatic rings. The standard InChI is InChI=1S/C12H15N2O/c15-12(10-6-8-13-9-7-10)14-11-4-2-1-3-5-11/h2-5,10,13H,6-9H2,(H,14,15). The molecule has 0 aliphatic carbocycles. The molecular weight excluding hydrogens is 188 g/mol. The van der Waals surface area contributed by atoms with Crippen molar-refractivity contribution in [3.05, 3.63) is 30.3 Å². The molecule has 0 aromatic heterocycles. The van der Waals surface area contributed by atoms with Crippen molar-refractivity contribution >= 4 is 11.6 Å². The zero-order valence-corrected chi connectivity index (χ0v) is 8.62. The van der Waals surface area contributed by atoms with Gasteiger partial charge in [0.15, 0.2) is 0 Å². The van der Waals surface area contributed by atoms with E-state index in [0.29, 0.717) is 0 Å². The van der Waals surface area contributed by atoms with E-state index in [1.54, 1.807) is 12.1 Å². The van der Waals surface area contributed by atoms with Crippen LogP contribution in [0, 0.1) is 12.0 Å². The van der Waals surface area contributed by atoms with E-state index in [4.69, 9.17) is 0 Å². The van der Waals surface area contributed by atoms with Crippen LogP contribution in [0.1, 0.15) is 12.8 Å². The second-order valence-electron chi connectivity index (χ2n) is 3.80. The van der Waals surface area contributed by atoms with Crippen LogP contribution in [-0.4, -0.2) is 19.0 Å². The Labute approximate surface area is 89.9 Å². The summed E-state index contributed by atoms with van der Waals surface area (Å²) in [5, 5.41) is 6.17. The smallest absolute Gasteiger partial charge is 0.227 e. The van der Waals surface area contributed by atoms with E-state index in [1.807, 2.05) is 12.1 Å². The lowest BCUT2D eigenvalue weighted by atomic mass is 9.97. The highest BCUT2D eigenvalue weighted by molar-refractivity contribution is 5.92. The number of hydrogen-bond donors (Lipinski definition) is 2. The first-order valence-electron chi connectivity index (χ1n) is 5.34. The molecule has 1 heterocycles. The van der Waals surface area contributed by atoms with Crippen LogP contribution in [0.4, 0.5) is 5.69 Å². The summed E-state index contributed by atoms with van der Waals surface area (Å²) in [5.74, 6) is 0.304. The summed E-state index contributed by atoms with van der Waals surface area (Å²) in [7, 11) is 0. The zero-order chi connectivity index (χ0) is 10.5. The monoisotopic (exact) mass is 203 g/mol. The van der Waals surface area contributed by atoms with E-state index >= 15 is 0 Å². The first-order chi connectivity index (χ1) is 7.36. The molecule has 0 spiro atoms. The SMILES string of the molecule is O=C(Nc1cc[c]cc1)C1CCNCC1. The summed E-state index contributed by atoms with van der Waals surface area (Å²) in [5.41, 5.74) is 0.859. The van der Waals surface area contributed by atoms with Crippen molar-refractivity contribution in [3.63, 3.8) is 0 Å². The molecule has 2 rings (SSSR count). The number of carbonyl (C=O) groups is 1. The molecule has 0 atom stereocenters. The third-order valence-corrected chi connectivity index (χ3v) is 2.70. The number of anilines is 1. The Hall–Kier alpha value is -1.35. The maximum atomic E-state index is 11.8. The summed E-state index contributed by atoms with van der Waals surface area (Å²) >= 11 is 0. The van der Waals surface area contributed by atoms with Gasteiger partial charge in [-0.25, -0.2) is 0 Å². The topological polar surface area (TPSA) is 41.1 Å². The fourth-order valence-electron chi connectivity index (χ4n) is 1.80. The fourth-order valence-corrected chi connectivity index (χ4v) is 1.80. The largest absolute Gasteiger partial charge is 0.326 e. The maximum Gasteiger partial charge on any atom is 0.227 e. The molecule has 1 radical (unpaired) electrons. The van der Waals surface area contributed by atoms with Gasteiger partial charge in [0, 0.05) is 11.6 Å². The minimum Gasteiger partial charge on any atom is -0.326 e. The van der Waals surface area contributed by atoms with Gasteiger partial charge in [-0.1, -0.05) is 12.1 Å². The highest BCUT2D eigenvalue weighted by Gasteiger charge is 2.20. The Morgan fingerprint density at radius 1 is 1.33 bits per heavy atom. The van der Waals surface area contributed by atoms with Crippen molar-refractivity contribution in [3.8, 4) is 0 Å². The molecule has 15 heavy (non-hydrogen) atoms. The van der Waals surface area contributed by atoms with Gasteiger partial charge in [0.05, 0.1) is 0 Å². The summed E-state index contributed by atoms with van der Waals surface area (Å²) in [6.45, 7) is 1.89. The average molecular weight is 203 g/mol. The lowest BCUT2D eigenvalue weighted by molar-refractivity contribution is -0.120. The van der Waals surface area contributed by atoms with Crippen LogP contribution in [0.15, 0.2) is 24.3 Å². The van der Waals surface area contributed by atoms with E-state index in [-0.39, 0.29) is 11.8 Å². The number of rotatable bonds is 2. The van der Waals surface area contributed by atoms with E-state index < -0.39 is 0 Å². The van der Waals surface area contributed by atoms with Crippen molar-refractivity contribution in [2.24, 2.45) is 5.92 Å². The number of nitrogens with one attached hydrogen (secondary N) is 2. The molecule has 3 nitrogen and oxygen atoms in total. The molecule has 3 heteroatoms. The fraction of sp³-hybridized carbons (Fsp3) is 0.417. The predicted molar refractivity (Wildman–Crippen MR) is 59.5 cm³/mol. The van der Waals surface area contributed by atoms with Gasteiger partial charge in [0.2, 0.25) is 5.91 Å². The molecule has 0 bridgehead atoms. The number of hydrogen-bond acceptors (Lipinski definition) is 2. The molecule has 1 aromatic rings. The quantitative estimate of drug-likeness (QED) is 0.763. The van der Waals surface area contributed by atoms with Crippen LogP contribution in [0.25, 0.3) is 0 Å². The molecule has 0 unspecified atom stereocenters. The van der Waals surface area contributed by atoms with Gasteiger partial charge in [-0.15, -0.1) is 0 Å². The molecule has 79 valence electrons. The molecule has 2 N–H and O–H groups in total. The number of piperidine rings is 1. The van der Waals surface area contributed by atoms with Crippen molar-refractivity contribution in [1.29, 1.82) is 0 Å². The molecule has 1 aliphatic heterocycles. The Morgan fingerprint density at radius 3 is 2.67 bits per heavy atom. The number of carbonyl (C=O) groups excluding carboxylic acids is 1. The third-order valence-electron chi connectivity index (χ3n) is 2.70. The van der Waals surface area contributed by atoms with E-state index in [0.717, 1.165) is 31.6 Å². The van der Waals surface area contributed by atoms with Gasteiger partial charge in [0.25, 0.3) is 0 Å². The lowest BCUT2D eigenvalue weighted by Gasteiger charge is -2.21. The third kappa shape index (κ3) is 2.80. The highest BCUT2D eigenvalue weighted by Crippen LogP contribution is 2.14. The normalized spacial score (nSPS) is 17.3. The van der Waals surface area contributed by atoms with Crippen molar-refractivity contribution in [2.45, 2.75) is 12.8 Å². The highest BCUT2D eigenvalue weighted by atomic mass is 16.1. The molecular formula is C12H15N2O. The van der Waals surface area contributed by atoms with Crippen molar-refractivity contribution in [1.82, 2.24) is 5.32 Å².